The summed E-state index contributed by atoms with van der Waals surface area (Å²) < 4.78 is 1.80. The van der Waals surface area contributed by atoms with Crippen LogP contribution in [0.1, 0.15) is 53.0 Å². The number of aromatic nitrogens is 3. The van der Waals surface area contributed by atoms with Gasteiger partial charge >= 0.3 is 5.97 Å². The molecule has 1 aromatic carbocycles. The number of fused-ring (bicyclic) bond motifs is 1. The first-order chi connectivity index (χ1) is 12.0. The fourth-order valence-corrected chi connectivity index (χ4v) is 3.55. The lowest BCUT2D eigenvalue weighted by atomic mass is 9.82. The minimum atomic E-state index is -1.10. The Morgan fingerprint density at radius 1 is 1.24 bits per heavy atom. The largest absolute Gasteiger partial charge is 0.478 e. The van der Waals surface area contributed by atoms with E-state index in [9.17, 15) is 15.0 Å². The predicted octanol–water partition coefficient (Wildman–Crippen LogP) is 0.934. The first kappa shape index (κ1) is 17.6. The quantitative estimate of drug-likeness (QED) is 0.602. The highest BCUT2D eigenvalue weighted by Crippen LogP contribution is 2.33. The van der Waals surface area contributed by atoms with Gasteiger partial charge < -0.3 is 15.3 Å². The summed E-state index contributed by atoms with van der Waals surface area (Å²) in [5.74, 6) is -0.962. The van der Waals surface area contributed by atoms with Crippen LogP contribution in [0, 0.1) is 0 Å². The molecular formula is C18H24N3O4+. The summed E-state index contributed by atoms with van der Waals surface area (Å²) in [7, 11) is 0. The van der Waals surface area contributed by atoms with E-state index in [2.05, 4.69) is 10.3 Å². The number of nitrogens with zero attached hydrogens (tertiary/aromatic N) is 2. The fraction of sp³-hybridized carbons (Fsp3) is 0.500. The molecule has 0 radical (unpaired) electrons. The molecule has 1 aliphatic rings. The van der Waals surface area contributed by atoms with Crippen LogP contribution in [0.25, 0.3) is 0 Å². The lowest BCUT2D eigenvalue weighted by Gasteiger charge is -2.26. The molecule has 25 heavy (non-hydrogen) atoms. The molecule has 1 aliphatic carbocycles. The summed E-state index contributed by atoms with van der Waals surface area (Å²) in [6.07, 6.45) is 4.77. The van der Waals surface area contributed by atoms with Crippen LogP contribution in [0.5, 0.6) is 0 Å². The van der Waals surface area contributed by atoms with Crippen LogP contribution < -0.4 is 4.68 Å². The normalized spacial score (nSPS) is 20.6. The Kier molecular flexibility index (Phi) is 5.15. The zero-order valence-electron chi connectivity index (χ0n) is 14.1. The molecule has 7 nitrogen and oxygen atoms in total. The highest BCUT2D eigenvalue weighted by molar-refractivity contribution is 5.87. The van der Waals surface area contributed by atoms with Crippen molar-refractivity contribution in [2.45, 2.75) is 50.7 Å². The monoisotopic (exact) mass is 346 g/mol. The van der Waals surface area contributed by atoms with E-state index >= 15 is 0 Å². The van der Waals surface area contributed by atoms with E-state index in [1.54, 1.807) is 28.9 Å². The minimum absolute atomic E-state index is 0.00831. The Labute approximate surface area is 145 Å². The van der Waals surface area contributed by atoms with Crippen LogP contribution >= 0.6 is 0 Å². The topological polar surface area (TPSA) is 110 Å². The van der Waals surface area contributed by atoms with E-state index in [1.807, 2.05) is 0 Å². The van der Waals surface area contributed by atoms with Crippen LogP contribution in [0.3, 0.4) is 0 Å². The third-order valence-electron chi connectivity index (χ3n) is 4.85. The number of aliphatic hydroxyl groups excluding tert-OH is 1. The zero-order chi connectivity index (χ0) is 17.9. The van der Waals surface area contributed by atoms with Gasteiger partial charge in [0.15, 0.2) is 5.69 Å². The predicted molar refractivity (Wildman–Crippen MR) is 89.0 cm³/mol. The Bertz CT molecular complexity index is 741. The van der Waals surface area contributed by atoms with Gasteiger partial charge in [-0.15, -0.1) is 0 Å². The highest BCUT2D eigenvalue weighted by Gasteiger charge is 2.41. The first-order valence-corrected chi connectivity index (χ1v) is 8.66. The number of carboxylic acid groups (broad SMARTS) is 1. The number of carbonyl (C=O) groups is 1. The van der Waals surface area contributed by atoms with Gasteiger partial charge in [0.25, 0.3) is 5.69 Å². The van der Waals surface area contributed by atoms with Crippen molar-refractivity contribution in [3.8, 4) is 0 Å². The van der Waals surface area contributed by atoms with Crippen LogP contribution in [0.15, 0.2) is 24.3 Å². The molecule has 1 atom stereocenters. The maximum absolute atomic E-state index is 11.4. The summed E-state index contributed by atoms with van der Waals surface area (Å²) in [5, 5.41) is 36.9. The van der Waals surface area contributed by atoms with Gasteiger partial charge in [-0.1, -0.05) is 30.2 Å². The van der Waals surface area contributed by atoms with E-state index in [0.717, 1.165) is 36.9 Å². The second-order valence-corrected chi connectivity index (χ2v) is 6.65. The second-order valence-electron chi connectivity index (χ2n) is 6.65. The number of aromatic amines is 1. The number of rotatable bonds is 5. The van der Waals surface area contributed by atoms with Crippen LogP contribution in [-0.2, 0) is 25.0 Å². The zero-order valence-corrected chi connectivity index (χ0v) is 14.1. The third-order valence-corrected chi connectivity index (χ3v) is 4.85. The van der Waals surface area contributed by atoms with E-state index in [0.29, 0.717) is 25.1 Å². The van der Waals surface area contributed by atoms with E-state index < -0.39 is 11.6 Å². The number of carboxylic acids is 1. The number of H-pyrrole nitrogens is 1. The van der Waals surface area contributed by atoms with Gasteiger partial charge in [-0.3, -0.25) is 0 Å². The summed E-state index contributed by atoms with van der Waals surface area (Å²) in [6, 6.07) is 6.60. The Morgan fingerprint density at radius 2 is 2.00 bits per heavy atom. The second kappa shape index (κ2) is 7.33. The van der Waals surface area contributed by atoms with Crippen molar-refractivity contribution in [1.82, 2.24) is 10.3 Å². The summed E-state index contributed by atoms with van der Waals surface area (Å²) in [4.78, 5) is 11.0. The molecule has 1 aromatic heterocycles. The van der Waals surface area contributed by atoms with Crippen molar-refractivity contribution >= 4 is 5.97 Å². The standard InChI is InChI=1S/C18H23N3O4/c22-11-10-21-15-4-2-1-3-9-18(25,16(15)19-20-21)12-13-5-7-14(8-6-13)17(23)24/h5-8,22,25H,1-4,9-12H2,(H,23,24)/p+1. The van der Waals surface area contributed by atoms with Crippen LogP contribution in [0.2, 0.25) is 0 Å². The lowest BCUT2D eigenvalue weighted by molar-refractivity contribution is -0.760. The van der Waals surface area contributed by atoms with Crippen LogP contribution in [0.4, 0.5) is 0 Å². The molecule has 134 valence electrons. The summed E-state index contributed by atoms with van der Waals surface area (Å²) >= 11 is 0. The van der Waals surface area contributed by atoms with Crippen molar-refractivity contribution in [3.05, 3.63) is 46.8 Å². The average molecular weight is 346 g/mol. The van der Waals surface area contributed by atoms with Gasteiger partial charge in [0, 0.05) is 17.9 Å². The van der Waals surface area contributed by atoms with Crippen molar-refractivity contribution in [2.75, 3.05) is 6.61 Å². The molecule has 0 amide bonds. The van der Waals surface area contributed by atoms with Gasteiger partial charge in [-0.2, -0.15) is 4.68 Å². The molecule has 0 aliphatic heterocycles. The van der Waals surface area contributed by atoms with Gasteiger partial charge in [0.1, 0.15) is 12.1 Å². The van der Waals surface area contributed by atoms with E-state index in [-0.39, 0.29) is 12.2 Å². The van der Waals surface area contributed by atoms with Gasteiger partial charge in [0.05, 0.1) is 12.2 Å². The Balaban J connectivity index is 1.92. The van der Waals surface area contributed by atoms with Gasteiger partial charge in [0.2, 0.25) is 0 Å². The molecule has 0 bridgehead atoms. The van der Waals surface area contributed by atoms with Crippen molar-refractivity contribution in [3.63, 3.8) is 0 Å². The van der Waals surface area contributed by atoms with Crippen LogP contribution in [-0.4, -0.2) is 38.2 Å². The highest BCUT2D eigenvalue weighted by atomic mass is 16.4. The third kappa shape index (κ3) is 3.72. The lowest BCUT2D eigenvalue weighted by Crippen LogP contribution is -2.43. The van der Waals surface area contributed by atoms with Gasteiger partial charge in [-0.05, 0) is 30.5 Å². The molecule has 0 fully saturated rings. The Morgan fingerprint density at radius 3 is 2.68 bits per heavy atom. The van der Waals surface area contributed by atoms with Gasteiger partial charge in [-0.25, -0.2) is 4.79 Å². The summed E-state index contributed by atoms with van der Waals surface area (Å²) in [5.41, 5.74) is 1.59. The summed E-state index contributed by atoms with van der Waals surface area (Å²) in [6.45, 7) is 0.431. The van der Waals surface area contributed by atoms with E-state index in [1.165, 1.54) is 0 Å². The maximum atomic E-state index is 11.4. The number of benzene rings is 1. The molecule has 0 spiro atoms. The number of aromatic carboxylic acids is 1. The number of hydrogen-bond donors (Lipinski definition) is 4. The number of aliphatic hydroxyl groups is 2. The SMILES string of the molecule is O=C(O)c1ccc(CC2(O)CCCCCc3c2n[nH][n+]3CCO)cc1. The number of hydrogen-bond acceptors (Lipinski definition) is 4. The molecule has 0 saturated carbocycles. The van der Waals surface area contributed by atoms with Crippen molar-refractivity contribution < 1.29 is 24.8 Å². The molecule has 2 aromatic rings. The molecule has 3 rings (SSSR count). The fourth-order valence-electron chi connectivity index (χ4n) is 3.55. The molecule has 1 unspecified atom stereocenters. The van der Waals surface area contributed by atoms with Crippen molar-refractivity contribution in [1.29, 1.82) is 0 Å². The van der Waals surface area contributed by atoms with Crippen molar-refractivity contribution in [2.24, 2.45) is 0 Å². The minimum Gasteiger partial charge on any atom is -0.478 e. The average Bonchev–Trinajstić information content (AvgIpc) is 2.97. The maximum Gasteiger partial charge on any atom is 0.335 e. The van der Waals surface area contributed by atoms with E-state index in [4.69, 9.17) is 5.11 Å². The smallest absolute Gasteiger partial charge is 0.335 e. The molecule has 0 saturated heterocycles. The molecule has 1 heterocycles. The molecule has 4 N–H and O–H groups in total. The number of nitrogens with one attached hydrogen (secondary N) is 1. The molecular weight excluding hydrogens is 322 g/mol. The first-order valence-electron chi connectivity index (χ1n) is 8.66. The molecule has 7 heteroatoms. The Hall–Kier alpha value is -2.25.